The number of hydrogen-bond donors (Lipinski definition) is 0. The van der Waals surface area contributed by atoms with E-state index in [0.29, 0.717) is 10.7 Å². The standard InChI is InChI=1S/C13H20ClN7O2/c1-7(2)19(8(3)4)12(22)21-13(23)20(16-17-21)11-10(14)9(5)15-18(11)6/h7-8H,1-6H3. The van der Waals surface area contributed by atoms with E-state index in [1.54, 1.807) is 18.9 Å². The molecule has 0 saturated heterocycles. The van der Waals surface area contributed by atoms with Crippen LogP contribution in [0.3, 0.4) is 0 Å². The zero-order valence-electron chi connectivity index (χ0n) is 14.0. The normalized spacial score (nSPS) is 11.5. The van der Waals surface area contributed by atoms with Gasteiger partial charge in [0.05, 0.1) is 5.69 Å². The Kier molecular flexibility index (Phi) is 4.60. The molecule has 0 spiro atoms. The molecule has 10 heteroatoms. The third-order valence-corrected chi connectivity index (χ3v) is 3.86. The lowest BCUT2D eigenvalue weighted by Gasteiger charge is -2.29. The summed E-state index contributed by atoms with van der Waals surface area (Å²) in [4.78, 5) is 26.7. The fourth-order valence-electron chi connectivity index (χ4n) is 2.50. The van der Waals surface area contributed by atoms with Crippen LogP contribution in [-0.2, 0) is 7.05 Å². The maximum atomic E-state index is 12.6. The van der Waals surface area contributed by atoms with Crippen molar-refractivity contribution in [3.05, 3.63) is 21.2 Å². The summed E-state index contributed by atoms with van der Waals surface area (Å²) >= 11 is 6.16. The van der Waals surface area contributed by atoms with Crippen molar-refractivity contribution in [2.45, 2.75) is 46.7 Å². The molecule has 23 heavy (non-hydrogen) atoms. The minimum Gasteiger partial charge on any atom is -0.318 e. The fraction of sp³-hybridized carbons (Fsp3) is 0.615. The predicted octanol–water partition coefficient (Wildman–Crippen LogP) is 1.21. The van der Waals surface area contributed by atoms with Crippen LogP contribution in [-0.4, -0.2) is 52.6 Å². The number of rotatable bonds is 3. The largest absolute Gasteiger partial charge is 0.378 e. The van der Waals surface area contributed by atoms with Gasteiger partial charge in [-0.1, -0.05) is 11.6 Å². The van der Waals surface area contributed by atoms with Gasteiger partial charge in [-0.15, -0.1) is 9.36 Å². The average Bonchev–Trinajstić information content (AvgIpc) is 2.90. The molecule has 0 radical (unpaired) electrons. The average molecular weight is 342 g/mol. The van der Waals surface area contributed by atoms with Crippen molar-refractivity contribution < 1.29 is 4.79 Å². The Bertz CT molecular complexity index is 779. The Balaban J connectivity index is 2.52. The van der Waals surface area contributed by atoms with Crippen molar-refractivity contribution in [1.82, 2.24) is 34.5 Å². The third-order valence-electron chi connectivity index (χ3n) is 3.42. The number of aryl methyl sites for hydroxylation is 2. The highest BCUT2D eigenvalue weighted by molar-refractivity contribution is 6.32. The van der Waals surface area contributed by atoms with Gasteiger partial charge in [0.25, 0.3) is 0 Å². The Morgan fingerprint density at radius 1 is 1.17 bits per heavy atom. The molecule has 2 aromatic rings. The van der Waals surface area contributed by atoms with Crippen LogP contribution >= 0.6 is 11.6 Å². The summed E-state index contributed by atoms with van der Waals surface area (Å²) in [5, 5.41) is 11.9. The van der Waals surface area contributed by atoms with Crippen LogP contribution in [0.25, 0.3) is 5.82 Å². The molecule has 0 aromatic carbocycles. The Hall–Kier alpha value is -2.16. The van der Waals surface area contributed by atoms with Gasteiger partial charge in [0.15, 0.2) is 5.82 Å². The first-order valence-electron chi connectivity index (χ1n) is 7.24. The predicted molar refractivity (Wildman–Crippen MR) is 85.0 cm³/mol. The molecule has 0 N–H and O–H groups in total. The molecule has 2 heterocycles. The molecule has 0 bridgehead atoms. The minimum atomic E-state index is -0.689. The number of nitrogens with zero attached hydrogens (tertiary/aromatic N) is 7. The Morgan fingerprint density at radius 2 is 1.74 bits per heavy atom. The lowest BCUT2D eigenvalue weighted by Crippen LogP contribution is -2.47. The first kappa shape index (κ1) is 17.2. The fourth-order valence-corrected chi connectivity index (χ4v) is 2.74. The van der Waals surface area contributed by atoms with Gasteiger partial charge in [-0.25, -0.2) is 14.3 Å². The Morgan fingerprint density at radius 3 is 2.17 bits per heavy atom. The van der Waals surface area contributed by atoms with Crippen LogP contribution in [0.1, 0.15) is 33.4 Å². The zero-order valence-corrected chi connectivity index (χ0v) is 14.7. The van der Waals surface area contributed by atoms with E-state index in [0.717, 1.165) is 9.36 Å². The third kappa shape index (κ3) is 2.88. The van der Waals surface area contributed by atoms with Gasteiger partial charge in [0, 0.05) is 19.1 Å². The van der Waals surface area contributed by atoms with Crippen molar-refractivity contribution in [1.29, 1.82) is 0 Å². The highest BCUT2D eigenvalue weighted by Gasteiger charge is 2.27. The zero-order chi connectivity index (χ0) is 17.5. The summed E-state index contributed by atoms with van der Waals surface area (Å²) in [7, 11) is 1.63. The molecule has 2 rings (SSSR count). The SMILES string of the molecule is Cc1nn(C)c(-n2nnn(C(=O)N(C(C)C)C(C)C)c2=O)c1Cl. The van der Waals surface area contributed by atoms with Crippen molar-refractivity contribution in [3.63, 3.8) is 0 Å². The molecule has 0 aliphatic rings. The summed E-state index contributed by atoms with van der Waals surface area (Å²) in [6.07, 6.45) is 0. The highest BCUT2D eigenvalue weighted by atomic mass is 35.5. The number of tetrazole rings is 1. The van der Waals surface area contributed by atoms with Gasteiger partial charge in [-0.2, -0.15) is 5.10 Å². The number of carbonyl (C=O) groups is 1. The quantitative estimate of drug-likeness (QED) is 0.783. The minimum absolute atomic E-state index is 0.0814. The molecule has 1 amide bonds. The number of hydrogen-bond acceptors (Lipinski definition) is 5. The maximum absolute atomic E-state index is 12.6. The van der Waals surface area contributed by atoms with E-state index in [-0.39, 0.29) is 17.9 Å². The highest BCUT2D eigenvalue weighted by Crippen LogP contribution is 2.21. The second-order valence-corrected chi connectivity index (χ2v) is 6.19. The number of amides is 1. The van der Waals surface area contributed by atoms with Gasteiger partial charge >= 0.3 is 11.7 Å². The molecule has 0 aliphatic heterocycles. The van der Waals surface area contributed by atoms with Crippen LogP contribution in [0, 0.1) is 6.92 Å². The molecular formula is C13H20ClN7O2. The second-order valence-electron chi connectivity index (χ2n) is 5.81. The summed E-state index contributed by atoms with van der Waals surface area (Å²) in [5.41, 5.74) is -0.130. The van der Waals surface area contributed by atoms with Crippen LogP contribution in [0.2, 0.25) is 5.02 Å². The number of halogens is 1. The summed E-state index contributed by atoms with van der Waals surface area (Å²) < 4.78 is 3.13. The van der Waals surface area contributed by atoms with E-state index in [1.165, 1.54) is 4.68 Å². The van der Waals surface area contributed by atoms with Crippen LogP contribution in [0.5, 0.6) is 0 Å². The van der Waals surface area contributed by atoms with E-state index in [9.17, 15) is 9.59 Å². The van der Waals surface area contributed by atoms with Crippen molar-refractivity contribution in [2.24, 2.45) is 7.05 Å². The van der Waals surface area contributed by atoms with Crippen LogP contribution in [0.4, 0.5) is 4.79 Å². The van der Waals surface area contributed by atoms with E-state index >= 15 is 0 Å². The summed E-state index contributed by atoms with van der Waals surface area (Å²) in [5.74, 6) is 0.272. The molecule has 126 valence electrons. The van der Waals surface area contributed by atoms with Gasteiger partial charge in [0.1, 0.15) is 5.02 Å². The number of aromatic nitrogens is 6. The van der Waals surface area contributed by atoms with Crippen LogP contribution < -0.4 is 5.69 Å². The molecule has 9 nitrogen and oxygen atoms in total. The van der Waals surface area contributed by atoms with E-state index in [4.69, 9.17) is 11.6 Å². The summed E-state index contributed by atoms with van der Waals surface area (Å²) in [6.45, 7) is 9.19. The second kappa shape index (κ2) is 6.15. The first-order chi connectivity index (χ1) is 10.7. The molecule has 0 atom stereocenters. The van der Waals surface area contributed by atoms with E-state index in [1.807, 2.05) is 27.7 Å². The molecule has 0 aliphatic carbocycles. The number of carbonyl (C=O) groups excluding carboxylic acids is 1. The first-order valence-corrected chi connectivity index (χ1v) is 7.61. The molecule has 2 aromatic heterocycles. The maximum Gasteiger partial charge on any atom is 0.378 e. The van der Waals surface area contributed by atoms with Gasteiger partial charge in [-0.3, -0.25) is 0 Å². The van der Waals surface area contributed by atoms with Crippen molar-refractivity contribution in [2.75, 3.05) is 0 Å². The van der Waals surface area contributed by atoms with Gasteiger partial charge < -0.3 is 4.90 Å². The molecule has 0 unspecified atom stereocenters. The lowest BCUT2D eigenvalue weighted by atomic mass is 10.2. The molecule has 0 saturated carbocycles. The lowest BCUT2D eigenvalue weighted by molar-refractivity contribution is 0.162. The summed E-state index contributed by atoms with van der Waals surface area (Å²) in [6, 6.07) is -0.689. The Labute approximate surface area is 138 Å². The smallest absolute Gasteiger partial charge is 0.318 e. The van der Waals surface area contributed by atoms with E-state index < -0.39 is 11.7 Å². The van der Waals surface area contributed by atoms with Crippen molar-refractivity contribution in [3.8, 4) is 5.82 Å². The van der Waals surface area contributed by atoms with Crippen molar-refractivity contribution >= 4 is 17.6 Å². The van der Waals surface area contributed by atoms with Gasteiger partial charge in [-0.05, 0) is 45.0 Å². The monoisotopic (exact) mass is 341 g/mol. The van der Waals surface area contributed by atoms with E-state index in [2.05, 4.69) is 15.5 Å². The van der Waals surface area contributed by atoms with Gasteiger partial charge in [0.2, 0.25) is 0 Å². The molecule has 0 fully saturated rings. The van der Waals surface area contributed by atoms with Crippen LogP contribution in [0.15, 0.2) is 4.79 Å². The topological polar surface area (TPSA) is 90.8 Å². The molecular weight excluding hydrogens is 322 g/mol.